The monoisotopic (exact) mass is 664 g/mol. The summed E-state index contributed by atoms with van der Waals surface area (Å²) >= 11 is 0. The summed E-state index contributed by atoms with van der Waals surface area (Å²) in [6, 6.07) is 27.5. The van der Waals surface area contributed by atoms with E-state index in [0.29, 0.717) is 13.2 Å². The molecular weight excluding hydrogens is 617 g/mol. The van der Waals surface area contributed by atoms with Gasteiger partial charge in [0.05, 0.1) is 14.1 Å². The lowest BCUT2D eigenvalue weighted by molar-refractivity contribution is -0.672. The highest BCUT2D eigenvalue weighted by Crippen LogP contribution is 2.46. The molecule has 0 radical (unpaired) electrons. The normalized spacial score (nSPS) is 11.5. The summed E-state index contributed by atoms with van der Waals surface area (Å²) in [6.07, 6.45) is 15.6. The van der Waals surface area contributed by atoms with Crippen LogP contribution < -0.4 is 18.8 Å². The molecule has 0 spiro atoms. The first-order chi connectivity index (χ1) is 24.3. The van der Waals surface area contributed by atoms with Crippen molar-refractivity contribution >= 4 is 21.5 Å². The van der Waals surface area contributed by atoms with Gasteiger partial charge in [0.1, 0.15) is 25.6 Å². The number of nitrogens with zero attached hydrogens (tertiary/aromatic N) is 4. The molecule has 0 saturated carbocycles. The predicted octanol–water partition coefficient (Wildman–Crippen LogP) is 7.94. The van der Waals surface area contributed by atoms with Gasteiger partial charge in [-0.15, -0.1) is 0 Å². The molecule has 0 unspecified atom stereocenters. The van der Waals surface area contributed by atoms with Gasteiger partial charge in [-0.05, 0) is 131 Å². The summed E-state index contributed by atoms with van der Waals surface area (Å²) in [7, 11) is 4.00. The fourth-order valence-corrected chi connectivity index (χ4v) is 7.75. The fraction of sp³-hybridized carbons (Fsp3) is 0.273. The Labute approximate surface area is 295 Å². The van der Waals surface area contributed by atoms with Crippen LogP contribution in [0.15, 0.2) is 110 Å². The maximum Gasteiger partial charge on any atom is 0.284 e. The van der Waals surface area contributed by atoms with Crippen LogP contribution in [-0.2, 0) is 26.9 Å². The fourth-order valence-electron chi connectivity index (χ4n) is 7.75. The maximum absolute atomic E-state index is 5.90. The largest absolute Gasteiger partial charge is 0.336 e. The van der Waals surface area contributed by atoms with E-state index in [1.807, 2.05) is 60.7 Å². The van der Waals surface area contributed by atoms with Gasteiger partial charge in [0, 0.05) is 0 Å². The number of aromatic nitrogens is 4. The van der Waals surface area contributed by atoms with Crippen LogP contribution >= 0.6 is 0 Å². The number of benzene rings is 5. The zero-order chi connectivity index (χ0) is 34.8. The van der Waals surface area contributed by atoms with Crippen LogP contribution in [0.1, 0.15) is 46.2 Å². The van der Waals surface area contributed by atoms with Crippen molar-refractivity contribution in [3.05, 3.63) is 144 Å². The van der Waals surface area contributed by atoms with Crippen LogP contribution in [0.5, 0.6) is 0 Å². The van der Waals surface area contributed by atoms with Gasteiger partial charge in [0.25, 0.3) is 12.7 Å². The number of fused-ring (bicyclic) bond motifs is 2. The Hall–Kier alpha value is -5.36. The Morgan fingerprint density at radius 1 is 0.500 bits per heavy atom. The van der Waals surface area contributed by atoms with Crippen LogP contribution in [0.25, 0.3) is 43.8 Å². The molecule has 6 heteroatoms. The number of rotatable bonds is 12. The topological polar surface area (TPSA) is 36.1 Å². The molecular formula is C44H48N4O2+2. The van der Waals surface area contributed by atoms with Crippen LogP contribution in [0.4, 0.5) is 0 Å². The average molecular weight is 665 g/mol. The first kappa shape index (κ1) is 33.2. The SMILES string of the molecule is Cc1cc(CCCOn2cc[n+](C)c2)cc(C)c1-c1c2ccccc2c(-c2c(C)cc(CCCOn3cc[n+](C)c3)cc2C)c2ccccc12. The number of aryl methyl sites for hydroxylation is 8. The molecule has 7 rings (SSSR count). The molecule has 0 atom stereocenters. The summed E-state index contributed by atoms with van der Waals surface area (Å²) in [5, 5.41) is 5.19. The third kappa shape index (κ3) is 6.75. The van der Waals surface area contributed by atoms with Crippen LogP contribution in [0.3, 0.4) is 0 Å². The van der Waals surface area contributed by atoms with Crippen LogP contribution in [0.2, 0.25) is 0 Å². The van der Waals surface area contributed by atoms with Crippen LogP contribution in [0, 0.1) is 27.7 Å². The second kappa shape index (κ2) is 14.2. The number of imidazole rings is 2. The summed E-state index contributed by atoms with van der Waals surface area (Å²) < 4.78 is 7.52. The van der Waals surface area contributed by atoms with Gasteiger partial charge in [-0.25, -0.2) is 9.13 Å². The molecule has 2 heterocycles. The van der Waals surface area contributed by atoms with Gasteiger partial charge in [0.15, 0.2) is 12.4 Å². The highest BCUT2D eigenvalue weighted by molar-refractivity contribution is 6.22. The molecule has 0 aliphatic heterocycles. The quantitative estimate of drug-likeness (QED) is 0.0756. The van der Waals surface area contributed by atoms with Gasteiger partial charge < -0.3 is 9.68 Å². The maximum atomic E-state index is 5.90. The van der Waals surface area contributed by atoms with Gasteiger partial charge >= 0.3 is 0 Å². The van der Waals surface area contributed by atoms with Crippen molar-refractivity contribution < 1.29 is 18.8 Å². The molecule has 0 aliphatic rings. The Morgan fingerprint density at radius 3 is 1.14 bits per heavy atom. The third-order valence-electron chi connectivity index (χ3n) is 9.81. The molecule has 7 aromatic rings. The van der Waals surface area contributed by atoms with Crippen molar-refractivity contribution in [1.82, 2.24) is 9.46 Å². The summed E-state index contributed by atoms with van der Waals surface area (Å²) in [5.74, 6) is 0. The van der Waals surface area contributed by atoms with E-state index in [9.17, 15) is 0 Å². The lowest BCUT2D eigenvalue weighted by Gasteiger charge is -2.22. The van der Waals surface area contributed by atoms with Crippen molar-refractivity contribution in [2.75, 3.05) is 13.2 Å². The minimum Gasteiger partial charge on any atom is -0.336 e. The van der Waals surface area contributed by atoms with E-state index < -0.39 is 0 Å². The molecule has 6 nitrogen and oxygen atoms in total. The molecule has 0 saturated heterocycles. The van der Waals surface area contributed by atoms with Crippen molar-refractivity contribution in [2.45, 2.75) is 53.4 Å². The Kier molecular flexibility index (Phi) is 9.44. The van der Waals surface area contributed by atoms with Crippen molar-refractivity contribution in [2.24, 2.45) is 14.1 Å². The Balaban J connectivity index is 1.22. The van der Waals surface area contributed by atoms with E-state index in [4.69, 9.17) is 9.68 Å². The van der Waals surface area contributed by atoms with Crippen molar-refractivity contribution in [3.63, 3.8) is 0 Å². The predicted molar refractivity (Wildman–Crippen MR) is 202 cm³/mol. The lowest BCUT2D eigenvalue weighted by atomic mass is 9.81. The first-order valence-electron chi connectivity index (χ1n) is 17.7. The molecule has 0 aliphatic carbocycles. The number of hydrogen-bond donors (Lipinski definition) is 0. The molecule has 0 amide bonds. The second-order valence-corrected chi connectivity index (χ2v) is 13.8. The standard InChI is InChI=1S/C44H48N4O2/c1-31-25-35(13-11-23-49-47-21-19-45(5)29-47)26-32(2)41(31)43-37-15-7-9-17-39(37)44(40-18-10-8-16-38(40)43)42-33(3)27-36(28-34(42)4)14-12-24-50-48-22-20-46(6)30-48/h7-10,15-22,25-30H,11-14,23-24H2,1-6H3/q+2. The Morgan fingerprint density at radius 2 is 0.840 bits per heavy atom. The van der Waals surface area contributed by atoms with E-state index in [2.05, 4.69) is 100 Å². The van der Waals surface area contributed by atoms with Gasteiger partial charge in [0.2, 0.25) is 0 Å². The highest BCUT2D eigenvalue weighted by Gasteiger charge is 2.21. The molecule has 0 bridgehead atoms. The third-order valence-corrected chi connectivity index (χ3v) is 9.81. The van der Waals surface area contributed by atoms with E-state index in [0.717, 1.165) is 25.7 Å². The van der Waals surface area contributed by atoms with Crippen LogP contribution in [-0.4, -0.2) is 22.7 Å². The average Bonchev–Trinajstić information content (AvgIpc) is 3.72. The molecule has 254 valence electrons. The zero-order valence-corrected chi connectivity index (χ0v) is 30.2. The van der Waals surface area contributed by atoms with E-state index in [1.54, 1.807) is 9.46 Å². The van der Waals surface area contributed by atoms with E-state index in [-0.39, 0.29) is 0 Å². The molecule has 0 N–H and O–H groups in total. The van der Waals surface area contributed by atoms with Crippen molar-refractivity contribution in [1.29, 1.82) is 0 Å². The minimum absolute atomic E-state index is 0.674. The second-order valence-electron chi connectivity index (χ2n) is 13.8. The summed E-state index contributed by atoms with van der Waals surface area (Å²) in [5.41, 5.74) is 13.3. The molecule has 50 heavy (non-hydrogen) atoms. The van der Waals surface area contributed by atoms with Gasteiger partial charge in [-0.1, -0.05) is 82.3 Å². The van der Waals surface area contributed by atoms with Gasteiger partial charge in [-0.3, -0.25) is 0 Å². The Bertz CT molecular complexity index is 2050. The molecule has 5 aromatic carbocycles. The van der Waals surface area contributed by atoms with Gasteiger partial charge in [-0.2, -0.15) is 0 Å². The zero-order valence-electron chi connectivity index (χ0n) is 30.2. The van der Waals surface area contributed by atoms with E-state index >= 15 is 0 Å². The lowest BCUT2D eigenvalue weighted by Crippen LogP contribution is -2.25. The minimum atomic E-state index is 0.674. The molecule has 2 aromatic heterocycles. The summed E-state index contributed by atoms with van der Waals surface area (Å²) in [4.78, 5) is 11.8. The smallest absolute Gasteiger partial charge is 0.284 e. The molecule has 0 fully saturated rings. The first-order valence-corrected chi connectivity index (χ1v) is 17.7. The van der Waals surface area contributed by atoms with Crippen molar-refractivity contribution in [3.8, 4) is 22.3 Å². The highest BCUT2D eigenvalue weighted by atomic mass is 16.7. The van der Waals surface area contributed by atoms with E-state index in [1.165, 1.54) is 77.2 Å². The summed E-state index contributed by atoms with van der Waals surface area (Å²) in [6.45, 7) is 10.4. The number of hydrogen-bond acceptors (Lipinski definition) is 2.